The van der Waals surface area contributed by atoms with E-state index in [1.165, 1.54) is 16.7 Å². The van der Waals surface area contributed by atoms with Gasteiger partial charge in [-0.3, -0.25) is 9.48 Å². The molecule has 0 radical (unpaired) electrons. The fraction of sp³-hybridized carbons (Fsp3) is 0.357. The van der Waals surface area contributed by atoms with Crippen molar-refractivity contribution in [2.24, 2.45) is 0 Å². The molecule has 0 aliphatic carbocycles. The number of hydrogen-bond acceptors (Lipinski definition) is 5. The van der Waals surface area contributed by atoms with E-state index in [0.29, 0.717) is 31.7 Å². The van der Waals surface area contributed by atoms with E-state index >= 15 is 0 Å². The molecule has 3 aliphatic rings. The number of morpholine rings is 1. The summed E-state index contributed by atoms with van der Waals surface area (Å²) in [4.78, 5) is 16.1. The second kappa shape index (κ2) is 8.64. The second-order valence-corrected chi connectivity index (χ2v) is 10.5. The normalized spacial score (nSPS) is 23.1. The van der Waals surface area contributed by atoms with Crippen LogP contribution in [0.25, 0.3) is 5.70 Å². The standard InChI is InChI=1S/C28H28FN3O2S/c1-4-18-21-15-35-25-8-6-5-7-20(25)26(19(21)9-10-22(18)29)28-23-14-34-12-11-31(23)17(3)27-16(2)24(33)13-30-32(27)28/h5-10,13,23,26,28H,3-4,11-12,14-15H2,1-2H3. The Kier molecular flexibility index (Phi) is 5.57. The number of fused-ring (bicyclic) bond motifs is 4. The summed E-state index contributed by atoms with van der Waals surface area (Å²) in [5, 5.41) is 4.69. The maximum atomic E-state index is 15.0. The minimum absolute atomic E-state index is 0.0118. The first-order valence-electron chi connectivity index (χ1n) is 12.1. The van der Waals surface area contributed by atoms with Crippen molar-refractivity contribution in [3.05, 3.63) is 98.7 Å². The summed E-state index contributed by atoms with van der Waals surface area (Å²) in [7, 11) is 0. The van der Waals surface area contributed by atoms with Crippen LogP contribution >= 0.6 is 11.8 Å². The van der Waals surface area contributed by atoms with E-state index in [1.54, 1.807) is 17.8 Å². The first kappa shape index (κ1) is 22.6. The molecule has 1 aromatic heterocycles. The molecule has 180 valence electrons. The number of hydrogen-bond donors (Lipinski definition) is 0. The molecule has 3 aliphatic heterocycles. The van der Waals surface area contributed by atoms with E-state index in [4.69, 9.17) is 9.84 Å². The van der Waals surface area contributed by atoms with Crippen molar-refractivity contribution >= 4 is 17.5 Å². The molecule has 1 fully saturated rings. The minimum atomic E-state index is -0.149. The molecule has 0 bridgehead atoms. The van der Waals surface area contributed by atoms with Crippen LogP contribution in [0.3, 0.4) is 0 Å². The average Bonchev–Trinajstić information content (AvgIpc) is 3.03. The summed E-state index contributed by atoms with van der Waals surface area (Å²) < 4.78 is 23.0. The van der Waals surface area contributed by atoms with Gasteiger partial charge in [-0.25, -0.2) is 4.39 Å². The van der Waals surface area contributed by atoms with Gasteiger partial charge in [-0.1, -0.05) is 37.8 Å². The van der Waals surface area contributed by atoms with Crippen LogP contribution in [0.5, 0.6) is 0 Å². The maximum Gasteiger partial charge on any atom is 0.203 e. The van der Waals surface area contributed by atoms with Crippen LogP contribution in [0.2, 0.25) is 0 Å². The Balaban J connectivity index is 1.67. The molecule has 1 saturated heterocycles. The quantitative estimate of drug-likeness (QED) is 0.512. The van der Waals surface area contributed by atoms with Gasteiger partial charge in [0.2, 0.25) is 5.43 Å². The molecule has 35 heavy (non-hydrogen) atoms. The number of thioether (sulfide) groups is 1. The number of aromatic nitrogens is 2. The summed E-state index contributed by atoms with van der Waals surface area (Å²) >= 11 is 1.77. The number of halogens is 1. The van der Waals surface area contributed by atoms with E-state index < -0.39 is 0 Å². The van der Waals surface area contributed by atoms with Gasteiger partial charge in [-0.2, -0.15) is 5.10 Å². The third-order valence-corrected chi connectivity index (χ3v) is 8.90. The fourth-order valence-corrected chi connectivity index (χ4v) is 7.29. The monoisotopic (exact) mass is 489 g/mol. The van der Waals surface area contributed by atoms with Gasteiger partial charge < -0.3 is 9.64 Å². The molecule has 7 heteroatoms. The van der Waals surface area contributed by atoms with Crippen molar-refractivity contribution in [3.63, 3.8) is 0 Å². The summed E-state index contributed by atoms with van der Waals surface area (Å²) in [6.45, 7) is 10.1. The number of rotatable bonds is 2. The Bertz CT molecular complexity index is 1400. The van der Waals surface area contributed by atoms with Crippen molar-refractivity contribution in [2.75, 3.05) is 19.8 Å². The Morgan fingerprint density at radius 1 is 1.23 bits per heavy atom. The molecular weight excluding hydrogens is 461 g/mol. The number of ether oxygens (including phenoxy) is 1. The van der Waals surface area contributed by atoms with E-state index in [9.17, 15) is 9.18 Å². The van der Waals surface area contributed by atoms with Gasteiger partial charge in [0.05, 0.1) is 42.9 Å². The van der Waals surface area contributed by atoms with Crippen LogP contribution in [-0.2, 0) is 16.9 Å². The van der Waals surface area contributed by atoms with Gasteiger partial charge in [0.15, 0.2) is 0 Å². The zero-order valence-electron chi connectivity index (χ0n) is 20.0. The molecule has 3 unspecified atom stereocenters. The van der Waals surface area contributed by atoms with Crippen LogP contribution in [0, 0.1) is 12.7 Å². The third kappa shape index (κ3) is 3.39. The Labute approximate surface area is 208 Å². The van der Waals surface area contributed by atoms with E-state index in [0.717, 1.165) is 33.8 Å². The van der Waals surface area contributed by atoms with Crippen LogP contribution < -0.4 is 5.43 Å². The molecule has 0 N–H and O–H groups in total. The molecule has 0 amide bonds. The van der Waals surface area contributed by atoms with Gasteiger partial charge in [-0.15, -0.1) is 11.8 Å². The lowest BCUT2D eigenvalue weighted by molar-refractivity contribution is -0.0117. The summed E-state index contributed by atoms with van der Waals surface area (Å²) in [5.74, 6) is 0.490. The van der Waals surface area contributed by atoms with Crippen molar-refractivity contribution < 1.29 is 9.13 Å². The zero-order chi connectivity index (χ0) is 24.3. The fourth-order valence-electron chi connectivity index (χ4n) is 6.12. The topological polar surface area (TPSA) is 47.4 Å². The number of nitrogens with zero attached hydrogens (tertiary/aromatic N) is 3. The molecule has 4 heterocycles. The lowest BCUT2D eigenvalue weighted by atomic mass is 9.77. The third-order valence-electron chi connectivity index (χ3n) is 7.78. The molecule has 0 saturated carbocycles. The van der Waals surface area contributed by atoms with Gasteiger partial charge in [0, 0.05) is 28.7 Å². The lowest BCUT2D eigenvalue weighted by Gasteiger charge is -2.50. The van der Waals surface area contributed by atoms with Crippen molar-refractivity contribution in [1.82, 2.24) is 14.7 Å². The van der Waals surface area contributed by atoms with E-state index in [-0.39, 0.29) is 29.2 Å². The van der Waals surface area contributed by atoms with Gasteiger partial charge in [0.25, 0.3) is 0 Å². The zero-order valence-corrected chi connectivity index (χ0v) is 20.8. The maximum absolute atomic E-state index is 15.0. The SMILES string of the molecule is C=C1c2c(C)c(=O)cnn2C(C2c3ccccc3SCc3c2ccc(F)c3CC)C2COCCN12. The molecule has 3 aromatic rings. The lowest BCUT2D eigenvalue weighted by Crippen LogP contribution is -2.55. The average molecular weight is 490 g/mol. The predicted molar refractivity (Wildman–Crippen MR) is 136 cm³/mol. The van der Waals surface area contributed by atoms with Crippen LogP contribution in [-0.4, -0.2) is 40.5 Å². The van der Waals surface area contributed by atoms with Crippen LogP contribution in [0.15, 0.2) is 58.9 Å². The van der Waals surface area contributed by atoms with Gasteiger partial charge >= 0.3 is 0 Å². The van der Waals surface area contributed by atoms with Crippen molar-refractivity contribution in [2.45, 2.75) is 48.9 Å². The summed E-state index contributed by atoms with van der Waals surface area (Å²) in [5.41, 5.74) is 6.38. The Hall–Kier alpha value is -2.90. The highest BCUT2D eigenvalue weighted by Gasteiger charge is 2.46. The molecule has 3 atom stereocenters. The Morgan fingerprint density at radius 3 is 2.89 bits per heavy atom. The molecule has 6 rings (SSSR count). The first-order chi connectivity index (χ1) is 17.0. The smallest absolute Gasteiger partial charge is 0.203 e. The van der Waals surface area contributed by atoms with Crippen molar-refractivity contribution in [1.29, 1.82) is 0 Å². The Morgan fingerprint density at radius 2 is 2.06 bits per heavy atom. The van der Waals surface area contributed by atoms with Gasteiger partial charge in [-0.05, 0) is 47.7 Å². The first-order valence-corrected chi connectivity index (χ1v) is 13.1. The number of benzene rings is 2. The molecule has 0 spiro atoms. The largest absolute Gasteiger partial charge is 0.377 e. The van der Waals surface area contributed by atoms with Crippen molar-refractivity contribution in [3.8, 4) is 0 Å². The summed E-state index contributed by atoms with van der Waals surface area (Å²) in [6.07, 6.45) is 2.05. The van der Waals surface area contributed by atoms with Crippen LogP contribution in [0.4, 0.5) is 4.39 Å². The highest BCUT2D eigenvalue weighted by Crippen LogP contribution is 2.51. The molecular formula is C28H28FN3O2S. The highest BCUT2D eigenvalue weighted by molar-refractivity contribution is 7.98. The van der Waals surface area contributed by atoms with Crippen LogP contribution in [0.1, 0.15) is 52.4 Å². The molecule has 5 nitrogen and oxygen atoms in total. The van der Waals surface area contributed by atoms with E-state index in [1.807, 2.05) is 24.6 Å². The molecule has 2 aromatic carbocycles. The van der Waals surface area contributed by atoms with Gasteiger partial charge in [0.1, 0.15) is 5.82 Å². The highest BCUT2D eigenvalue weighted by atomic mass is 32.2. The minimum Gasteiger partial charge on any atom is -0.377 e. The van der Waals surface area contributed by atoms with E-state index in [2.05, 4.69) is 35.7 Å². The second-order valence-electron chi connectivity index (χ2n) is 9.45. The predicted octanol–water partition coefficient (Wildman–Crippen LogP) is 4.92. The summed E-state index contributed by atoms with van der Waals surface area (Å²) in [6, 6.07) is 11.9.